The molecule has 0 aromatic carbocycles. The first-order chi connectivity index (χ1) is 6.33. The molecule has 0 saturated carbocycles. The summed E-state index contributed by atoms with van der Waals surface area (Å²) in [5, 5.41) is 0. The summed E-state index contributed by atoms with van der Waals surface area (Å²) in [6, 6.07) is 0.438. The smallest absolute Gasteiger partial charge is 0.0593 e. The van der Waals surface area contributed by atoms with E-state index in [1.807, 2.05) is 0 Å². The lowest BCUT2D eigenvalue weighted by molar-refractivity contribution is 0.0945. The summed E-state index contributed by atoms with van der Waals surface area (Å²) in [5.74, 6) is 0. The average Bonchev–Trinajstić information content (AvgIpc) is 2.15. The van der Waals surface area contributed by atoms with Crippen molar-refractivity contribution in [1.82, 2.24) is 4.90 Å². The molecule has 0 spiro atoms. The van der Waals surface area contributed by atoms with E-state index in [1.165, 1.54) is 0 Å². The van der Waals surface area contributed by atoms with Gasteiger partial charge < -0.3 is 15.4 Å². The predicted molar refractivity (Wildman–Crippen MR) is 54.8 cm³/mol. The zero-order valence-electron chi connectivity index (χ0n) is 8.67. The van der Waals surface area contributed by atoms with E-state index in [0.29, 0.717) is 6.04 Å². The number of likely N-dealkylation sites (tertiary alicyclic amines) is 1. The molecule has 1 rings (SSSR count). The van der Waals surface area contributed by atoms with Crippen LogP contribution in [0.15, 0.2) is 0 Å². The Kier molecular flexibility index (Phi) is 5.35. The van der Waals surface area contributed by atoms with Gasteiger partial charge in [0.1, 0.15) is 0 Å². The summed E-state index contributed by atoms with van der Waals surface area (Å²) >= 11 is 0. The fraction of sp³-hybridized carbons (Fsp3) is 1.00. The van der Waals surface area contributed by atoms with Gasteiger partial charge in [-0.2, -0.15) is 0 Å². The summed E-state index contributed by atoms with van der Waals surface area (Å²) in [7, 11) is 0. The Morgan fingerprint density at radius 1 is 1.31 bits per heavy atom. The van der Waals surface area contributed by atoms with Crippen LogP contribution in [0.3, 0.4) is 0 Å². The number of rotatable bonds is 5. The second-order valence-corrected chi connectivity index (χ2v) is 3.79. The standard InChI is InChI=1S/C10H22N2O/c1-2-8-13-9-7-12-5-3-10(11)4-6-12/h10H,2-9,11H2,1H3. The second kappa shape index (κ2) is 6.35. The normalized spacial score (nSPS) is 20.8. The lowest BCUT2D eigenvalue weighted by atomic mass is 10.1. The molecule has 0 unspecified atom stereocenters. The summed E-state index contributed by atoms with van der Waals surface area (Å²) in [6.45, 7) is 7.29. The van der Waals surface area contributed by atoms with Crippen LogP contribution in [-0.4, -0.2) is 43.8 Å². The van der Waals surface area contributed by atoms with Crippen LogP contribution in [0.4, 0.5) is 0 Å². The van der Waals surface area contributed by atoms with Crippen LogP contribution in [0, 0.1) is 0 Å². The molecule has 1 heterocycles. The quantitative estimate of drug-likeness (QED) is 0.647. The van der Waals surface area contributed by atoms with Gasteiger partial charge in [-0.1, -0.05) is 6.92 Å². The van der Waals surface area contributed by atoms with E-state index in [-0.39, 0.29) is 0 Å². The Hall–Kier alpha value is -0.120. The molecule has 1 aliphatic rings. The van der Waals surface area contributed by atoms with Gasteiger partial charge in [-0.25, -0.2) is 0 Å². The molecule has 3 heteroatoms. The van der Waals surface area contributed by atoms with Crippen LogP contribution in [0.1, 0.15) is 26.2 Å². The molecular weight excluding hydrogens is 164 g/mol. The third-order valence-corrected chi connectivity index (χ3v) is 2.53. The molecule has 0 aromatic heterocycles. The van der Waals surface area contributed by atoms with Gasteiger partial charge in [0.15, 0.2) is 0 Å². The van der Waals surface area contributed by atoms with E-state index >= 15 is 0 Å². The number of ether oxygens (including phenoxy) is 1. The molecule has 3 nitrogen and oxygen atoms in total. The van der Waals surface area contributed by atoms with E-state index in [2.05, 4.69) is 11.8 Å². The number of nitrogens with two attached hydrogens (primary N) is 1. The molecule has 0 radical (unpaired) electrons. The van der Waals surface area contributed by atoms with Gasteiger partial charge in [-0.05, 0) is 32.4 Å². The molecule has 1 saturated heterocycles. The minimum Gasteiger partial charge on any atom is -0.380 e. The average molecular weight is 186 g/mol. The largest absolute Gasteiger partial charge is 0.380 e. The summed E-state index contributed by atoms with van der Waals surface area (Å²) in [6.07, 6.45) is 3.41. The molecule has 0 amide bonds. The topological polar surface area (TPSA) is 38.5 Å². The van der Waals surface area contributed by atoms with Gasteiger partial charge in [-0.3, -0.25) is 0 Å². The molecule has 1 aliphatic heterocycles. The fourth-order valence-electron chi connectivity index (χ4n) is 1.62. The molecule has 78 valence electrons. The summed E-state index contributed by atoms with van der Waals surface area (Å²) < 4.78 is 5.44. The molecule has 13 heavy (non-hydrogen) atoms. The highest BCUT2D eigenvalue weighted by molar-refractivity contribution is 4.73. The molecule has 0 aromatic rings. The number of hydrogen-bond acceptors (Lipinski definition) is 3. The molecule has 1 fully saturated rings. The first-order valence-electron chi connectivity index (χ1n) is 5.38. The van der Waals surface area contributed by atoms with Crippen molar-refractivity contribution >= 4 is 0 Å². The maximum Gasteiger partial charge on any atom is 0.0593 e. The van der Waals surface area contributed by atoms with Gasteiger partial charge >= 0.3 is 0 Å². The Balaban J connectivity index is 1.96. The van der Waals surface area contributed by atoms with Crippen molar-refractivity contribution < 1.29 is 4.74 Å². The van der Waals surface area contributed by atoms with Gasteiger partial charge in [0.25, 0.3) is 0 Å². The van der Waals surface area contributed by atoms with E-state index in [0.717, 1.165) is 52.1 Å². The molecule has 0 atom stereocenters. The van der Waals surface area contributed by atoms with Crippen LogP contribution < -0.4 is 5.73 Å². The van der Waals surface area contributed by atoms with Crippen molar-refractivity contribution in [1.29, 1.82) is 0 Å². The lowest BCUT2D eigenvalue weighted by Crippen LogP contribution is -2.41. The summed E-state index contributed by atoms with van der Waals surface area (Å²) in [4.78, 5) is 2.44. The predicted octanol–water partition coefficient (Wildman–Crippen LogP) is 0.836. The van der Waals surface area contributed by atoms with Gasteiger partial charge in [0.05, 0.1) is 6.61 Å². The number of nitrogens with zero attached hydrogens (tertiary/aromatic N) is 1. The zero-order chi connectivity index (χ0) is 9.52. The van der Waals surface area contributed by atoms with Crippen molar-refractivity contribution in [2.45, 2.75) is 32.2 Å². The first kappa shape index (κ1) is 11.0. The minimum atomic E-state index is 0.438. The van der Waals surface area contributed by atoms with Gasteiger partial charge in [0.2, 0.25) is 0 Å². The van der Waals surface area contributed by atoms with Crippen LogP contribution in [0.5, 0.6) is 0 Å². The van der Waals surface area contributed by atoms with Crippen molar-refractivity contribution in [3.8, 4) is 0 Å². The van der Waals surface area contributed by atoms with Gasteiger partial charge in [0, 0.05) is 19.2 Å². The Morgan fingerprint density at radius 3 is 2.62 bits per heavy atom. The maximum absolute atomic E-state index is 5.82. The highest BCUT2D eigenvalue weighted by atomic mass is 16.5. The first-order valence-corrected chi connectivity index (χ1v) is 5.38. The number of hydrogen-bond donors (Lipinski definition) is 1. The van der Waals surface area contributed by atoms with E-state index in [9.17, 15) is 0 Å². The van der Waals surface area contributed by atoms with E-state index in [1.54, 1.807) is 0 Å². The van der Waals surface area contributed by atoms with Crippen molar-refractivity contribution in [3.63, 3.8) is 0 Å². The highest BCUT2D eigenvalue weighted by Gasteiger charge is 2.14. The Labute approximate surface area is 81.2 Å². The number of piperidine rings is 1. The Morgan fingerprint density at radius 2 is 2.00 bits per heavy atom. The molecule has 2 N–H and O–H groups in total. The van der Waals surface area contributed by atoms with Gasteiger partial charge in [-0.15, -0.1) is 0 Å². The molecule has 0 bridgehead atoms. The third-order valence-electron chi connectivity index (χ3n) is 2.53. The molecular formula is C10H22N2O. The lowest BCUT2D eigenvalue weighted by Gasteiger charge is -2.29. The highest BCUT2D eigenvalue weighted by Crippen LogP contribution is 2.07. The minimum absolute atomic E-state index is 0.438. The molecule has 0 aliphatic carbocycles. The van der Waals surface area contributed by atoms with Crippen LogP contribution in [0.2, 0.25) is 0 Å². The summed E-state index contributed by atoms with van der Waals surface area (Å²) in [5.41, 5.74) is 5.82. The van der Waals surface area contributed by atoms with E-state index in [4.69, 9.17) is 10.5 Å². The van der Waals surface area contributed by atoms with Crippen LogP contribution in [-0.2, 0) is 4.74 Å². The van der Waals surface area contributed by atoms with Crippen molar-refractivity contribution in [3.05, 3.63) is 0 Å². The Bertz CT molecular complexity index is 122. The SMILES string of the molecule is CCCOCCN1CCC(N)CC1. The fourth-order valence-corrected chi connectivity index (χ4v) is 1.62. The third kappa shape index (κ3) is 4.60. The van der Waals surface area contributed by atoms with Crippen LogP contribution >= 0.6 is 0 Å². The zero-order valence-corrected chi connectivity index (χ0v) is 8.67. The van der Waals surface area contributed by atoms with Crippen LogP contribution in [0.25, 0.3) is 0 Å². The van der Waals surface area contributed by atoms with Crippen molar-refractivity contribution in [2.75, 3.05) is 32.8 Å². The second-order valence-electron chi connectivity index (χ2n) is 3.79. The maximum atomic E-state index is 5.82. The van der Waals surface area contributed by atoms with E-state index < -0.39 is 0 Å². The monoisotopic (exact) mass is 186 g/mol. The van der Waals surface area contributed by atoms with Crippen molar-refractivity contribution in [2.24, 2.45) is 5.73 Å².